The lowest BCUT2D eigenvalue weighted by Gasteiger charge is -2.59. The summed E-state index contributed by atoms with van der Waals surface area (Å²) in [5.41, 5.74) is 0.00472. The number of hydrogen-bond donors (Lipinski definition) is 2. The SMILES string of the molecule is CCNC(=NCCCOCC1CCOCC1)NC1CC(C)(OC)C1(C)C.I. The highest BCUT2D eigenvalue weighted by atomic mass is 127. The lowest BCUT2D eigenvalue weighted by atomic mass is 9.56. The minimum absolute atomic E-state index is 0. The van der Waals surface area contributed by atoms with Crippen LogP contribution in [0.5, 0.6) is 0 Å². The zero-order chi connectivity index (χ0) is 19.0. The van der Waals surface area contributed by atoms with Gasteiger partial charge < -0.3 is 24.8 Å². The molecule has 27 heavy (non-hydrogen) atoms. The van der Waals surface area contributed by atoms with Crippen molar-refractivity contribution >= 4 is 29.9 Å². The van der Waals surface area contributed by atoms with E-state index in [0.29, 0.717) is 12.0 Å². The van der Waals surface area contributed by atoms with E-state index in [1.807, 2.05) is 0 Å². The van der Waals surface area contributed by atoms with E-state index in [9.17, 15) is 0 Å². The Bertz CT molecular complexity index is 456. The summed E-state index contributed by atoms with van der Waals surface area (Å²) in [6.45, 7) is 13.8. The third kappa shape index (κ3) is 6.72. The molecule has 2 unspecified atom stereocenters. The zero-order valence-electron chi connectivity index (χ0n) is 17.8. The van der Waals surface area contributed by atoms with Crippen molar-refractivity contribution in [3.05, 3.63) is 0 Å². The molecule has 6 nitrogen and oxygen atoms in total. The van der Waals surface area contributed by atoms with Crippen molar-refractivity contribution in [2.45, 2.75) is 65.0 Å². The molecule has 0 aromatic carbocycles. The molecule has 2 atom stereocenters. The Balaban J connectivity index is 0.00000364. The van der Waals surface area contributed by atoms with E-state index in [1.165, 1.54) is 0 Å². The minimum Gasteiger partial charge on any atom is -0.381 e. The fraction of sp³-hybridized carbons (Fsp3) is 0.950. The molecule has 160 valence electrons. The summed E-state index contributed by atoms with van der Waals surface area (Å²) in [7, 11) is 1.80. The Morgan fingerprint density at radius 1 is 1.22 bits per heavy atom. The van der Waals surface area contributed by atoms with Gasteiger partial charge in [-0.2, -0.15) is 0 Å². The summed E-state index contributed by atoms with van der Waals surface area (Å²) in [6, 6.07) is 0.370. The van der Waals surface area contributed by atoms with Gasteiger partial charge in [0.05, 0.1) is 5.60 Å². The van der Waals surface area contributed by atoms with Gasteiger partial charge in [-0.3, -0.25) is 4.99 Å². The van der Waals surface area contributed by atoms with Crippen LogP contribution in [0, 0.1) is 11.3 Å². The van der Waals surface area contributed by atoms with Crippen LogP contribution < -0.4 is 10.6 Å². The van der Waals surface area contributed by atoms with E-state index in [4.69, 9.17) is 19.2 Å². The van der Waals surface area contributed by atoms with Crippen molar-refractivity contribution < 1.29 is 14.2 Å². The lowest BCUT2D eigenvalue weighted by Crippen LogP contribution is -2.69. The molecule has 0 bridgehead atoms. The molecule has 2 aliphatic rings. The van der Waals surface area contributed by atoms with Gasteiger partial charge in [0.2, 0.25) is 0 Å². The summed E-state index contributed by atoms with van der Waals surface area (Å²) in [4.78, 5) is 4.71. The number of guanidine groups is 1. The second-order valence-corrected chi connectivity index (χ2v) is 8.30. The highest BCUT2D eigenvalue weighted by Gasteiger charge is 2.58. The lowest BCUT2D eigenvalue weighted by molar-refractivity contribution is -0.176. The number of hydrogen-bond acceptors (Lipinski definition) is 4. The number of methoxy groups -OCH3 is 1. The average Bonchev–Trinajstić information content (AvgIpc) is 2.64. The Labute approximate surface area is 182 Å². The van der Waals surface area contributed by atoms with Crippen molar-refractivity contribution in [1.29, 1.82) is 0 Å². The van der Waals surface area contributed by atoms with Gasteiger partial charge in [0.1, 0.15) is 0 Å². The smallest absolute Gasteiger partial charge is 0.191 e. The predicted octanol–water partition coefficient (Wildman–Crippen LogP) is 3.20. The Hall–Kier alpha value is -0.120. The summed E-state index contributed by atoms with van der Waals surface area (Å²) in [5.74, 6) is 1.57. The van der Waals surface area contributed by atoms with Crippen LogP contribution in [0.2, 0.25) is 0 Å². The first-order chi connectivity index (χ1) is 12.4. The van der Waals surface area contributed by atoms with Crippen molar-refractivity contribution in [3.63, 3.8) is 0 Å². The van der Waals surface area contributed by atoms with Crippen LogP contribution >= 0.6 is 24.0 Å². The second-order valence-electron chi connectivity index (χ2n) is 8.30. The first-order valence-corrected chi connectivity index (χ1v) is 10.2. The fourth-order valence-electron chi connectivity index (χ4n) is 3.73. The van der Waals surface area contributed by atoms with Crippen LogP contribution in [0.4, 0.5) is 0 Å². The van der Waals surface area contributed by atoms with E-state index in [-0.39, 0.29) is 35.0 Å². The summed E-state index contributed by atoms with van der Waals surface area (Å²) in [6.07, 6.45) is 4.20. The molecule has 2 rings (SSSR count). The van der Waals surface area contributed by atoms with E-state index >= 15 is 0 Å². The van der Waals surface area contributed by atoms with E-state index in [2.05, 4.69) is 38.3 Å². The molecule has 7 heteroatoms. The Kier molecular flexibility index (Phi) is 10.9. The number of halogens is 1. The van der Waals surface area contributed by atoms with Crippen molar-refractivity contribution in [3.8, 4) is 0 Å². The molecule has 2 N–H and O–H groups in total. The predicted molar refractivity (Wildman–Crippen MR) is 121 cm³/mol. The summed E-state index contributed by atoms with van der Waals surface area (Å²) in [5, 5.41) is 6.93. The fourth-order valence-corrected chi connectivity index (χ4v) is 3.73. The molecule has 0 amide bonds. The first kappa shape index (κ1) is 24.9. The normalized spacial score (nSPS) is 28.2. The topological polar surface area (TPSA) is 64.1 Å². The maximum atomic E-state index is 5.82. The third-order valence-corrected chi connectivity index (χ3v) is 6.34. The number of aliphatic imine (C=N–C) groups is 1. The molecular weight excluding hydrogens is 457 g/mol. The Morgan fingerprint density at radius 2 is 1.93 bits per heavy atom. The van der Waals surface area contributed by atoms with E-state index in [0.717, 1.165) is 71.2 Å². The average molecular weight is 497 g/mol. The minimum atomic E-state index is -0.0695. The monoisotopic (exact) mass is 497 g/mol. The molecule has 1 heterocycles. The van der Waals surface area contributed by atoms with Crippen LogP contribution in [0.1, 0.15) is 53.4 Å². The van der Waals surface area contributed by atoms with Gasteiger partial charge in [-0.1, -0.05) is 13.8 Å². The molecule has 0 aromatic rings. The van der Waals surface area contributed by atoms with Gasteiger partial charge >= 0.3 is 0 Å². The van der Waals surface area contributed by atoms with Crippen molar-refractivity contribution in [1.82, 2.24) is 10.6 Å². The standard InChI is InChI=1S/C20H39N3O3.HI/c1-6-21-18(23-17-14-20(4,24-5)19(17,2)3)22-10-7-11-26-15-16-8-12-25-13-9-16;/h16-17H,6-15H2,1-5H3,(H2,21,22,23);1H. The van der Waals surface area contributed by atoms with Crippen LogP contribution in [-0.4, -0.2) is 64.2 Å². The van der Waals surface area contributed by atoms with Crippen LogP contribution in [-0.2, 0) is 14.2 Å². The quantitative estimate of drug-likeness (QED) is 0.222. The molecule has 0 radical (unpaired) electrons. The molecule has 0 aromatic heterocycles. The zero-order valence-corrected chi connectivity index (χ0v) is 20.1. The van der Waals surface area contributed by atoms with E-state index in [1.54, 1.807) is 7.11 Å². The van der Waals surface area contributed by atoms with Gasteiger partial charge in [0, 0.05) is 58.1 Å². The maximum Gasteiger partial charge on any atom is 0.191 e. The molecule has 1 aliphatic carbocycles. The molecular formula is C20H40IN3O3. The summed E-state index contributed by atoms with van der Waals surface area (Å²) < 4.78 is 16.9. The number of ether oxygens (including phenoxy) is 3. The van der Waals surface area contributed by atoms with Crippen molar-refractivity contribution in [2.24, 2.45) is 16.3 Å². The first-order valence-electron chi connectivity index (χ1n) is 10.2. The number of rotatable bonds is 9. The van der Waals surface area contributed by atoms with Crippen molar-refractivity contribution in [2.75, 3.05) is 46.6 Å². The second kappa shape index (κ2) is 11.8. The maximum absolute atomic E-state index is 5.82. The highest BCUT2D eigenvalue weighted by Crippen LogP contribution is 2.51. The molecule has 1 saturated heterocycles. The van der Waals surface area contributed by atoms with Gasteiger partial charge in [-0.25, -0.2) is 0 Å². The van der Waals surface area contributed by atoms with Gasteiger partial charge in [0.15, 0.2) is 5.96 Å². The van der Waals surface area contributed by atoms with Gasteiger partial charge in [0.25, 0.3) is 0 Å². The largest absolute Gasteiger partial charge is 0.381 e. The Morgan fingerprint density at radius 3 is 2.52 bits per heavy atom. The van der Waals surface area contributed by atoms with Gasteiger partial charge in [-0.15, -0.1) is 24.0 Å². The summed E-state index contributed by atoms with van der Waals surface area (Å²) >= 11 is 0. The van der Waals surface area contributed by atoms with Crippen LogP contribution in [0.25, 0.3) is 0 Å². The molecule has 1 saturated carbocycles. The van der Waals surface area contributed by atoms with E-state index < -0.39 is 0 Å². The van der Waals surface area contributed by atoms with Crippen LogP contribution in [0.3, 0.4) is 0 Å². The molecule has 1 aliphatic heterocycles. The molecule has 0 spiro atoms. The highest BCUT2D eigenvalue weighted by molar-refractivity contribution is 14.0. The van der Waals surface area contributed by atoms with Crippen LogP contribution in [0.15, 0.2) is 4.99 Å². The number of nitrogens with zero attached hydrogens (tertiary/aromatic N) is 1. The third-order valence-electron chi connectivity index (χ3n) is 6.34. The molecule has 2 fully saturated rings. The number of nitrogens with one attached hydrogen (secondary N) is 2. The van der Waals surface area contributed by atoms with Gasteiger partial charge in [-0.05, 0) is 45.4 Å².